The maximum Gasteiger partial charge on any atom is 0.325 e. The Labute approximate surface area is 141 Å². The van der Waals surface area contributed by atoms with Crippen LogP contribution in [0.3, 0.4) is 0 Å². The first-order valence-corrected chi connectivity index (χ1v) is 8.12. The highest BCUT2D eigenvalue weighted by molar-refractivity contribution is 5.75. The number of hydrogen-bond acceptors (Lipinski definition) is 3. The van der Waals surface area contributed by atoms with E-state index in [0.717, 1.165) is 19.6 Å². The fraction of sp³-hybridized carbons (Fsp3) is 0.316. The van der Waals surface area contributed by atoms with E-state index in [9.17, 15) is 14.3 Å². The fourth-order valence-corrected chi connectivity index (χ4v) is 3.21. The van der Waals surface area contributed by atoms with E-state index in [1.165, 1.54) is 17.7 Å². The number of carboxylic acid groups (broad SMARTS) is 1. The molecule has 1 heterocycles. The van der Waals surface area contributed by atoms with Crippen molar-refractivity contribution in [1.29, 1.82) is 0 Å². The molecule has 1 aliphatic heterocycles. The fourth-order valence-electron chi connectivity index (χ4n) is 3.21. The van der Waals surface area contributed by atoms with Gasteiger partial charge in [-0.1, -0.05) is 42.5 Å². The summed E-state index contributed by atoms with van der Waals surface area (Å²) in [5, 5.41) is 9.59. The number of rotatable bonds is 5. The first-order chi connectivity index (χ1) is 11.6. The zero-order valence-electron chi connectivity index (χ0n) is 13.4. The number of nitrogens with zero attached hydrogens (tertiary/aromatic N) is 2. The summed E-state index contributed by atoms with van der Waals surface area (Å²) in [6, 6.07) is 15.3. The molecule has 0 radical (unpaired) electrons. The summed E-state index contributed by atoms with van der Waals surface area (Å²) in [5.74, 6) is -1.33. The largest absolute Gasteiger partial charge is 0.480 e. The van der Waals surface area contributed by atoms with E-state index in [1.807, 2.05) is 23.1 Å². The highest BCUT2D eigenvalue weighted by Crippen LogP contribution is 2.23. The Morgan fingerprint density at radius 1 is 1.04 bits per heavy atom. The summed E-state index contributed by atoms with van der Waals surface area (Å²) in [4.78, 5) is 15.9. The van der Waals surface area contributed by atoms with Crippen molar-refractivity contribution in [3.05, 3.63) is 71.5 Å². The lowest BCUT2D eigenvalue weighted by molar-refractivity contribution is -0.144. The van der Waals surface area contributed by atoms with Gasteiger partial charge in [0.25, 0.3) is 0 Å². The van der Waals surface area contributed by atoms with Gasteiger partial charge in [0, 0.05) is 32.7 Å². The number of carbonyl (C=O) groups is 1. The highest BCUT2D eigenvalue weighted by Gasteiger charge is 2.30. The molecule has 1 aliphatic rings. The molecule has 1 fully saturated rings. The van der Waals surface area contributed by atoms with Crippen LogP contribution in [0.2, 0.25) is 0 Å². The lowest BCUT2D eigenvalue weighted by atomic mass is 10.0. The SMILES string of the molecule is O=C(O)C(c1cccc(F)c1)N1CCN(Cc2ccccc2)CC1. The van der Waals surface area contributed by atoms with Gasteiger partial charge in [-0.2, -0.15) is 0 Å². The number of piperazine rings is 1. The summed E-state index contributed by atoms with van der Waals surface area (Å²) in [5.41, 5.74) is 1.75. The molecule has 2 aromatic carbocycles. The van der Waals surface area contributed by atoms with Crippen LogP contribution in [0.1, 0.15) is 17.2 Å². The molecular weight excluding hydrogens is 307 g/mol. The molecular formula is C19H21FN2O2. The van der Waals surface area contributed by atoms with E-state index in [4.69, 9.17) is 0 Å². The Bertz CT molecular complexity index is 685. The smallest absolute Gasteiger partial charge is 0.325 e. The van der Waals surface area contributed by atoms with E-state index in [-0.39, 0.29) is 0 Å². The second kappa shape index (κ2) is 7.55. The minimum atomic E-state index is -0.933. The van der Waals surface area contributed by atoms with E-state index >= 15 is 0 Å². The van der Waals surface area contributed by atoms with Crippen molar-refractivity contribution < 1.29 is 14.3 Å². The van der Waals surface area contributed by atoms with Gasteiger partial charge >= 0.3 is 5.97 Å². The molecule has 1 atom stereocenters. The number of hydrogen-bond donors (Lipinski definition) is 1. The Balaban J connectivity index is 1.64. The Hall–Kier alpha value is -2.24. The molecule has 0 spiro atoms. The van der Waals surface area contributed by atoms with E-state index in [2.05, 4.69) is 17.0 Å². The number of carboxylic acids is 1. The van der Waals surface area contributed by atoms with Gasteiger partial charge in [-0.05, 0) is 23.3 Å². The normalized spacial score (nSPS) is 17.5. The molecule has 4 nitrogen and oxygen atoms in total. The second-order valence-electron chi connectivity index (χ2n) is 6.09. The molecule has 0 aliphatic carbocycles. The minimum Gasteiger partial charge on any atom is -0.480 e. The molecule has 126 valence electrons. The van der Waals surface area contributed by atoms with Crippen LogP contribution < -0.4 is 0 Å². The lowest BCUT2D eigenvalue weighted by Crippen LogP contribution is -2.48. The molecule has 0 aromatic heterocycles. The zero-order chi connectivity index (χ0) is 16.9. The lowest BCUT2D eigenvalue weighted by Gasteiger charge is -2.37. The van der Waals surface area contributed by atoms with Crippen LogP contribution in [0.5, 0.6) is 0 Å². The van der Waals surface area contributed by atoms with Gasteiger partial charge in [0.15, 0.2) is 0 Å². The van der Waals surface area contributed by atoms with Crippen LogP contribution in [0.15, 0.2) is 54.6 Å². The standard InChI is InChI=1S/C19H21FN2O2/c20-17-8-4-7-16(13-17)18(19(23)24)22-11-9-21(10-12-22)14-15-5-2-1-3-6-15/h1-8,13,18H,9-12,14H2,(H,23,24). The molecule has 3 rings (SSSR count). The molecule has 1 N–H and O–H groups in total. The third-order valence-electron chi connectivity index (χ3n) is 4.42. The van der Waals surface area contributed by atoms with Gasteiger partial charge in [0.2, 0.25) is 0 Å². The molecule has 1 saturated heterocycles. The average Bonchev–Trinajstić information content (AvgIpc) is 2.57. The molecule has 0 saturated carbocycles. The van der Waals surface area contributed by atoms with Crippen LogP contribution in [0.4, 0.5) is 4.39 Å². The molecule has 5 heteroatoms. The predicted molar refractivity (Wildman–Crippen MR) is 90.1 cm³/mol. The van der Waals surface area contributed by atoms with Gasteiger partial charge < -0.3 is 5.11 Å². The first kappa shape index (κ1) is 16.6. The molecule has 24 heavy (non-hydrogen) atoms. The van der Waals surface area contributed by atoms with Crippen LogP contribution in [-0.4, -0.2) is 47.1 Å². The summed E-state index contributed by atoms with van der Waals surface area (Å²) in [6.07, 6.45) is 0. The second-order valence-corrected chi connectivity index (χ2v) is 6.09. The maximum atomic E-state index is 13.4. The Morgan fingerprint density at radius 3 is 2.38 bits per heavy atom. The first-order valence-electron chi connectivity index (χ1n) is 8.12. The Kier molecular flexibility index (Phi) is 5.23. The highest BCUT2D eigenvalue weighted by atomic mass is 19.1. The van der Waals surface area contributed by atoms with Crippen molar-refractivity contribution in [2.45, 2.75) is 12.6 Å². The topological polar surface area (TPSA) is 43.8 Å². The van der Waals surface area contributed by atoms with Gasteiger partial charge in [-0.15, -0.1) is 0 Å². The summed E-state index contributed by atoms with van der Waals surface area (Å²) in [6.45, 7) is 3.77. The molecule has 0 bridgehead atoms. The predicted octanol–water partition coefficient (Wildman–Crippen LogP) is 2.77. The van der Waals surface area contributed by atoms with Crippen LogP contribution in [0, 0.1) is 5.82 Å². The van der Waals surface area contributed by atoms with E-state index in [1.54, 1.807) is 12.1 Å². The van der Waals surface area contributed by atoms with Crippen molar-refractivity contribution in [2.24, 2.45) is 0 Å². The van der Waals surface area contributed by atoms with Crippen molar-refractivity contribution in [1.82, 2.24) is 9.80 Å². The maximum absolute atomic E-state index is 13.4. The van der Waals surface area contributed by atoms with Crippen LogP contribution in [-0.2, 0) is 11.3 Å². The monoisotopic (exact) mass is 328 g/mol. The zero-order valence-corrected chi connectivity index (χ0v) is 13.4. The number of benzene rings is 2. The quantitative estimate of drug-likeness (QED) is 0.917. The number of halogens is 1. The Morgan fingerprint density at radius 2 is 1.75 bits per heavy atom. The summed E-state index contributed by atoms with van der Waals surface area (Å²) < 4.78 is 13.4. The van der Waals surface area contributed by atoms with Gasteiger partial charge in [-0.25, -0.2) is 4.39 Å². The van der Waals surface area contributed by atoms with Crippen LogP contribution in [0.25, 0.3) is 0 Å². The third kappa shape index (κ3) is 3.99. The van der Waals surface area contributed by atoms with E-state index in [0.29, 0.717) is 18.7 Å². The van der Waals surface area contributed by atoms with Crippen molar-refractivity contribution in [3.8, 4) is 0 Å². The van der Waals surface area contributed by atoms with Crippen molar-refractivity contribution >= 4 is 5.97 Å². The van der Waals surface area contributed by atoms with Gasteiger partial charge in [0.1, 0.15) is 11.9 Å². The van der Waals surface area contributed by atoms with Crippen LogP contribution >= 0.6 is 0 Å². The van der Waals surface area contributed by atoms with Crippen molar-refractivity contribution in [2.75, 3.05) is 26.2 Å². The number of aliphatic carboxylic acids is 1. The third-order valence-corrected chi connectivity index (χ3v) is 4.42. The van der Waals surface area contributed by atoms with E-state index < -0.39 is 17.8 Å². The van der Waals surface area contributed by atoms with Gasteiger partial charge in [0.05, 0.1) is 0 Å². The summed E-state index contributed by atoms with van der Waals surface area (Å²) in [7, 11) is 0. The van der Waals surface area contributed by atoms with Crippen molar-refractivity contribution in [3.63, 3.8) is 0 Å². The molecule has 0 amide bonds. The average molecular weight is 328 g/mol. The van der Waals surface area contributed by atoms with Gasteiger partial charge in [-0.3, -0.25) is 14.6 Å². The molecule has 1 unspecified atom stereocenters. The summed E-state index contributed by atoms with van der Waals surface area (Å²) >= 11 is 0. The minimum absolute atomic E-state index is 0.401. The molecule has 2 aromatic rings.